The predicted octanol–water partition coefficient (Wildman–Crippen LogP) is 0.544. The third kappa shape index (κ3) is 0.970. The Hall–Kier alpha value is -1.63. The van der Waals surface area contributed by atoms with E-state index in [-0.39, 0.29) is 5.78 Å². The first-order chi connectivity index (χ1) is 6.18. The molecule has 0 aromatic carbocycles. The minimum Gasteiger partial charge on any atom is -0.336 e. The monoisotopic (exact) mass is 175 g/mol. The number of carbonyl (C=O) groups is 1. The minimum atomic E-state index is -0.595. The standard InChI is InChI=1S/C9H9N3O/c1-12-6-11-4-8(12)9(5-10)2-7(13)3-9/h4,6H,2-3H2,1H3. The van der Waals surface area contributed by atoms with Gasteiger partial charge in [-0.3, -0.25) is 4.79 Å². The van der Waals surface area contributed by atoms with Crippen molar-refractivity contribution < 1.29 is 4.79 Å². The van der Waals surface area contributed by atoms with Crippen molar-refractivity contribution in [3.8, 4) is 6.07 Å². The quantitative estimate of drug-likeness (QED) is 0.626. The normalized spacial score (nSPS) is 19.2. The van der Waals surface area contributed by atoms with E-state index in [0.29, 0.717) is 12.8 Å². The Bertz CT molecular complexity index is 391. The molecular formula is C9H9N3O. The van der Waals surface area contributed by atoms with Crippen LogP contribution in [0.2, 0.25) is 0 Å². The summed E-state index contributed by atoms with van der Waals surface area (Å²) < 4.78 is 1.80. The van der Waals surface area contributed by atoms with Crippen LogP contribution in [0.1, 0.15) is 18.5 Å². The summed E-state index contributed by atoms with van der Waals surface area (Å²) in [4.78, 5) is 14.8. The van der Waals surface area contributed by atoms with E-state index in [2.05, 4.69) is 11.1 Å². The zero-order chi connectivity index (χ0) is 9.47. The van der Waals surface area contributed by atoms with Gasteiger partial charge in [-0.05, 0) is 0 Å². The lowest BCUT2D eigenvalue weighted by Crippen LogP contribution is -2.41. The van der Waals surface area contributed by atoms with Crippen LogP contribution in [0.3, 0.4) is 0 Å². The summed E-state index contributed by atoms with van der Waals surface area (Å²) in [6, 6.07) is 2.21. The van der Waals surface area contributed by atoms with Crippen molar-refractivity contribution in [3.05, 3.63) is 18.2 Å². The smallest absolute Gasteiger partial charge is 0.136 e. The molecule has 4 nitrogen and oxygen atoms in total. The van der Waals surface area contributed by atoms with Gasteiger partial charge in [-0.1, -0.05) is 0 Å². The second kappa shape index (κ2) is 2.43. The summed E-state index contributed by atoms with van der Waals surface area (Å²) in [7, 11) is 1.84. The Balaban J connectivity index is 2.41. The number of carbonyl (C=O) groups excluding carboxylic acids is 1. The molecule has 1 aromatic heterocycles. The summed E-state index contributed by atoms with van der Waals surface area (Å²) >= 11 is 0. The van der Waals surface area contributed by atoms with Crippen LogP contribution in [0.15, 0.2) is 12.5 Å². The van der Waals surface area contributed by atoms with Crippen LogP contribution in [-0.4, -0.2) is 15.3 Å². The molecule has 0 bridgehead atoms. The highest BCUT2D eigenvalue weighted by Gasteiger charge is 2.47. The van der Waals surface area contributed by atoms with Gasteiger partial charge in [-0.15, -0.1) is 0 Å². The fourth-order valence-corrected chi connectivity index (χ4v) is 1.76. The maximum atomic E-state index is 10.9. The highest BCUT2D eigenvalue weighted by Crippen LogP contribution is 2.40. The topological polar surface area (TPSA) is 58.7 Å². The van der Waals surface area contributed by atoms with Gasteiger partial charge >= 0.3 is 0 Å². The Morgan fingerprint density at radius 1 is 1.69 bits per heavy atom. The SMILES string of the molecule is Cn1cncc1C1(C#N)CC(=O)C1. The van der Waals surface area contributed by atoms with Crippen LogP contribution in [0.4, 0.5) is 0 Å². The van der Waals surface area contributed by atoms with Crippen molar-refractivity contribution in [2.24, 2.45) is 7.05 Å². The average Bonchev–Trinajstić information content (AvgIpc) is 2.46. The lowest BCUT2D eigenvalue weighted by Gasteiger charge is -2.33. The van der Waals surface area contributed by atoms with E-state index in [9.17, 15) is 4.79 Å². The maximum absolute atomic E-state index is 10.9. The first kappa shape index (κ1) is 7.99. The Labute approximate surface area is 75.8 Å². The van der Waals surface area contributed by atoms with Crippen molar-refractivity contribution in [2.75, 3.05) is 0 Å². The summed E-state index contributed by atoms with van der Waals surface area (Å²) in [6.45, 7) is 0. The first-order valence-corrected chi connectivity index (χ1v) is 4.08. The second-order valence-electron chi connectivity index (χ2n) is 3.48. The van der Waals surface area contributed by atoms with E-state index in [1.54, 1.807) is 17.1 Å². The summed E-state index contributed by atoms with van der Waals surface area (Å²) in [5.74, 6) is 0.155. The number of aromatic nitrogens is 2. The number of hydrogen-bond donors (Lipinski definition) is 0. The molecule has 1 fully saturated rings. The molecule has 1 aliphatic carbocycles. The van der Waals surface area contributed by atoms with Crippen molar-refractivity contribution in [1.29, 1.82) is 5.26 Å². The molecule has 0 unspecified atom stereocenters. The average molecular weight is 175 g/mol. The summed E-state index contributed by atoms with van der Waals surface area (Å²) in [5, 5.41) is 9.01. The molecule has 1 heterocycles. The van der Waals surface area contributed by atoms with Crippen LogP contribution in [0.5, 0.6) is 0 Å². The molecule has 0 aliphatic heterocycles. The molecule has 0 saturated heterocycles. The molecule has 0 atom stereocenters. The molecule has 0 amide bonds. The Morgan fingerprint density at radius 2 is 2.38 bits per heavy atom. The van der Waals surface area contributed by atoms with Gasteiger partial charge in [0.2, 0.25) is 0 Å². The number of aryl methyl sites for hydroxylation is 1. The number of ketones is 1. The summed E-state index contributed by atoms with van der Waals surface area (Å²) in [5.41, 5.74) is 0.247. The molecular weight excluding hydrogens is 166 g/mol. The molecule has 0 N–H and O–H groups in total. The number of hydrogen-bond acceptors (Lipinski definition) is 3. The number of rotatable bonds is 1. The first-order valence-electron chi connectivity index (χ1n) is 4.08. The van der Waals surface area contributed by atoms with Crippen LogP contribution >= 0.6 is 0 Å². The van der Waals surface area contributed by atoms with Gasteiger partial charge in [0, 0.05) is 26.1 Å². The fourth-order valence-electron chi connectivity index (χ4n) is 1.76. The predicted molar refractivity (Wildman–Crippen MR) is 44.7 cm³/mol. The molecule has 0 radical (unpaired) electrons. The van der Waals surface area contributed by atoms with Gasteiger partial charge in [0.05, 0.1) is 18.1 Å². The molecule has 4 heteroatoms. The highest BCUT2D eigenvalue weighted by molar-refractivity contribution is 5.89. The van der Waals surface area contributed by atoms with Gasteiger partial charge in [-0.25, -0.2) is 4.98 Å². The Kier molecular flexibility index (Phi) is 1.49. The molecule has 66 valence electrons. The van der Waals surface area contributed by atoms with Crippen LogP contribution in [-0.2, 0) is 17.3 Å². The van der Waals surface area contributed by atoms with Gasteiger partial charge < -0.3 is 4.57 Å². The molecule has 13 heavy (non-hydrogen) atoms. The Morgan fingerprint density at radius 3 is 2.77 bits per heavy atom. The summed E-state index contributed by atoms with van der Waals surface area (Å²) in [6.07, 6.45) is 3.99. The maximum Gasteiger partial charge on any atom is 0.136 e. The zero-order valence-electron chi connectivity index (χ0n) is 7.32. The third-order valence-electron chi connectivity index (χ3n) is 2.52. The fraction of sp³-hybridized carbons (Fsp3) is 0.444. The van der Waals surface area contributed by atoms with E-state index < -0.39 is 5.41 Å². The largest absolute Gasteiger partial charge is 0.336 e. The lowest BCUT2D eigenvalue weighted by molar-refractivity contribution is -0.126. The zero-order valence-corrected chi connectivity index (χ0v) is 7.32. The molecule has 1 aliphatic rings. The number of nitriles is 1. The minimum absolute atomic E-state index is 0.155. The van der Waals surface area contributed by atoms with Crippen molar-refractivity contribution >= 4 is 5.78 Å². The van der Waals surface area contributed by atoms with Crippen LogP contribution in [0, 0.1) is 11.3 Å². The van der Waals surface area contributed by atoms with Gasteiger partial charge in [0.25, 0.3) is 0 Å². The van der Waals surface area contributed by atoms with Crippen LogP contribution in [0.25, 0.3) is 0 Å². The van der Waals surface area contributed by atoms with Gasteiger partial charge in [0.1, 0.15) is 11.2 Å². The van der Waals surface area contributed by atoms with E-state index in [1.165, 1.54) is 0 Å². The van der Waals surface area contributed by atoms with Crippen LogP contribution < -0.4 is 0 Å². The second-order valence-corrected chi connectivity index (χ2v) is 3.48. The van der Waals surface area contributed by atoms with Crippen molar-refractivity contribution in [2.45, 2.75) is 18.3 Å². The molecule has 1 saturated carbocycles. The van der Waals surface area contributed by atoms with E-state index in [0.717, 1.165) is 5.69 Å². The van der Waals surface area contributed by atoms with E-state index in [4.69, 9.17) is 5.26 Å². The third-order valence-corrected chi connectivity index (χ3v) is 2.52. The number of nitrogens with zero attached hydrogens (tertiary/aromatic N) is 3. The van der Waals surface area contributed by atoms with E-state index in [1.807, 2.05) is 7.05 Å². The molecule has 1 aromatic rings. The molecule has 2 rings (SSSR count). The number of Topliss-reactive ketones (excluding diaryl/α,β-unsaturated/α-hetero) is 1. The highest BCUT2D eigenvalue weighted by atomic mass is 16.1. The number of imidazole rings is 1. The van der Waals surface area contributed by atoms with Crippen molar-refractivity contribution in [3.63, 3.8) is 0 Å². The van der Waals surface area contributed by atoms with E-state index >= 15 is 0 Å². The molecule has 0 spiro atoms. The van der Waals surface area contributed by atoms with Gasteiger partial charge in [-0.2, -0.15) is 5.26 Å². The van der Waals surface area contributed by atoms with Gasteiger partial charge in [0.15, 0.2) is 0 Å². The lowest BCUT2D eigenvalue weighted by atomic mass is 9.67. The van der Waals surface area contributed by atoms with Crippen molar-refractivity contribution in [1.82, 2.24) is 9.55 Å².